The van der Waals surface area contributed by atoms with E-state index >= 15 is 0 Å². The van der Waals surface area contributed by atoms with Gasteiger partial charge in [-0.05, 0) is 43.6 Å². The van der Waals surface area contributed by atoms with Gasteiger partial charge in [-0.15, -0.1) is 0 Å². The van der Waals surface area contributed by atoms with Crippen LogP contribution in [0.4, 0.5) is 0 Å². The summed E-state index contributed by atoms with van der Waals surface area (Å²) in [6.07, 6.45) is 9.67. The van der Waals surface area contributed by atoms with E-state index in [2.05, 4.69) is 16.9 Å². The zero-order valence-electron chi connectivity index (χ0n) is 12.6. The summed E-state index contributed by atoms with van der Waals surface area (Å²) in [6.45, 7) is 3.61. The molecule has 5 nitrogen and oxygen atoms in total. The van der Waals surface area contributed by atoms with Gasteiger partial charge < -0.3 is 9.64 Å². The quantitative estimate of drug-likeness (QED) is 0.834. The van der Waals surface area contributed by atoms with E-state index < -0.39 is 0 Å². The first-order valence-corrected chi connectivity index (χ1v) is 8.00. The standard InChI is InChI=1S/C16H23N3O2/c1-2-12-9-17-16(18-10-12)21-14-4-3-7-19(11-14)15(20)8-13-5-6-13/h9-10,13-14H,2-8,11H2,1H3. The van der Waals surface area contributed by atoms with E-state index in [0.29, 0.717) is 24.9 Å². The number of hydrogen-bond donors (Lipinski definition) is 0. The van der Waals surface area contributed by atoms with Crippen molar-refractivity contribution >= 4 is 5.91 Å². The highest BCUT2D eigenvalue weighted by molar-refractivity contribution is 5.76. The van der Waals surface area contributed by atoms with Crippen molar-refractivity contribution in [2.45, 2.75) is 51.6 Å². The first-order valence-electron chi connectivity index (χ1n) is 8.00. The summed E-state index contributed by atoms with van der Waals surface area (Å²) in [5.41, 5.74) is 1.10. The Morgan fingerprint density at radius 1 is 1.33 bits per heavy atom. The lowest BCUT2D eigenvalue weighted by molar-refractivity contribution is -0.134. The number of hydrogen-bond acceptors (Lipinski definition) is 4. The van der Waals surface area contributed by atoms with Gasteiger partial charge in [0.25, 0.3) is 0 Å². The van der Waals surface area contributed by atoms with Crippen molar-refractivity contribution in [1.29, 1.82) is 0 Å². The molecule has 21 heavy (non-hydrogen) atoms. The fourth-order valence-electron chi connectivity index (χ4n) is 2.69. The summed E-state index contributed by atoms with van der Waals surface area (Å²) >= 11 is 0. The number of amides is 1. The van der Waals surface area contributed by atoms with Crippen LogP contribution in [0, 0.1) is 5.92 Å². The minimum absolute atomic E-state index is 0.0226. The number of carbonyl (C=O) groups excluding carboxylic acids is 1. The molecule has 0 N–H and O–H groups in total. The molecule has 1 saturated heterocycles. The van der Waals surface area contributed by atoms with E-state index in [9.17, 15) is 4.79 Å². The van der Waals surface area contributed by atoms with Gasteiger partial charge in [0.15, 0.2) is 0 Å². The molecule has 2 heterocycles. The number of aryl methyl sites for hydroxylation is 1. The van der Waals surface area contributed by atoms with Crippen molar-refractivity contribution in [2.24, 2.45) is 5.92 Å². The summed E-state index contributed by atoms with van der Waals surface area (Å²) < 4.78 is 5.84. The van der Waals surface area contributed by atoms with Gasteiger partial charge in [0.2, 0.25) is 5.91 Å². The number of likely N-dealkylation sites (tertiary alicyclic amines) is 1. The van der Waals surface area contributed by atoms with E-state index in [1.165, 1.54) is 12.8 Å². The second-order valence-corrected chi connectivity index (χ2v) is 6.10. The number of nitrogens with zero attached hydrogens (tertiary/aromatic N) is 3. The summed E-state index contributed by atoms with van der Waals surface area (Å²) in [7, 11) is 0. The third-order valence-corrected chi connectivity index (χ3v) is 4.25. The van der Waals surface area contributed by atoms with Crippen LogP contribution in [0.3, 0.4) is 0 Å². The third-order valence-electron chi connectivity index (χ3n) is 4.25. The molecule has 2 fully saturated rings. The summed E-state index contributed by atoms with van der Waals surface area (Å²) in [5, 5.41) is 0. The molecule has 3 rings (SSSR count). The maximum Gasteiger partial charge on any atom is 0.316 e. The SMILES string of the molecule is CCc1cnc(OC2CCCN(C(=O)CC3CC3)C2)nc1. The molecular weight excluding hydrogens is 266 g/mol. The zero-order chi connectivity index (χ0) is 14.7. The van der Waals surface area contributed by atoms with Crippen LogP contribution in [0.5, 0.6) is 6.01 Å². The largest absolute Gasteiger partial charge is 0.458 e. The molecule has 0 spiro atoms. The monoisotopic (exact) mass is 289 g/mol. The first kappa shape index (κ1) is 14.3. The number of carbonyl (C=O) groups is 1. The van der Waals surface area contributed by atoms with Gasteiger partial charge in [-0.1, -0.05) is 6.92 Å². The highest BCUT2D eigenvalue weighted by Gasteiger charge is 2.30. The molecule has 1 aliphatic carbocycles. The van der Waals surface area contributed by atoms with Gasteiger partial charge in [0.1, 0.15) is 6.10 Å². The minimum Gasteiger partial charge on any atom is -0.458 e. The van der Waals surface area contributed by atoms with Gasteiger partial charge in [0.05, 0.1) is 6.54 Å². The topological polar surface area (TPSA) is 55.3 Å². The molecule has 1 atom stereocenters. The average molecular weight is 289 g/mol. The van der Waals surface area contributed by atoms with E-state index in [4.69, 9.17) is 4.74 Å². The maximum absolute atomic E-state index is 12.2. The fourth-order valence-corrected chi connectivity index (χ4v) is 2.69. The highest BCUT2D eigenvalue weighted by atomic mass is 16.5. The Bertz CT molecular complexity index is 485. The van der Waals surface area contributed by atoms with Crippen LogP contribution < -0.4 is 4.74 Å². The Morgan fingerprint density at radius 3 is 2.76 bits per heavy atom. The van der Waals surface area contributed by atoms with Crippen LogP contribution in [-0.2, 0) is 11.2 Å². The predicted octanol–water partition coefficient (Wildman–Crippen LogP) is 2.21. The Balaban J connectivity index is 1.53. The second-order valence-electron chi connectivity index (χ2n) is 6.10. The van der Waals surface area contributed by atoms with Crippen LogP contribution >= 0.6 is 0 Å². The number of ether oxygens (including phenoxy) is 1. The minimum atomic E-state index is 0.0226. The Hall–Kier alpha value is -1.65. The fraction of sp³-hybridized carbons (Fsp3) is 0.688. The van der Waals surface area contributed by atoms with Crippen molar-refractivity contribution in [2.75, 3.05) is 13.1 Å². The summed E-state index contributed by atoms with van der Waals surface area (Å²) in [4.78, 5) is 22.6. The second kappa shape index (κ2) is 6.41. The molecule has 5 heteroatoms. The normalized spacial score (nSPS) is 22.1. The molecule has 1 amide bonds. The first-order chi connectivity index (χ1) is 10.2. The molecule has 0 bridgehead atoms. The van der Waals surface area contributed by atoms with Crippen LogP contribution in [0.15, 0.2) is 12.4 Å². The van der Waals surface area contributed by atoms with Crippen LogP contribution in [0.1, 0.15) is 44.6 Å². The molecule has 1 aromatic heterocycles. The van der Waals surface area contributed by atoms with Gasteiger partial charge >= 0.3 is 6.01 Å². The maximum atomic E-state index is 12.2. The van der Waals surface area contributed by atoms with E-state index in [-0.39, 0.29) is 12.0 Å². The van der Waals surface area contributed by atoms with Crippen LogP contribution in [0.25, 0.3) is 0 Å². The molecule has 1 aliphatic heterocycles. The molecule has 1 aromatic rings. The summed E-state index contributed by atoms with van der Waals surface area (Å²) in [5.74, 6) is 0.928. The lowest BCUT2D eigenvalue weighted by Crippen LogP contribution is -2.44. The molecule has 114 valence electrons. The third kappa shape index (κ3) is 3.93. The molecule has 2 aliphatic rings. The smallest absolute Gasteiger partial charge is 0.316 e. The van der Waals surface area contributed by atoms with Crippen LogP contribution in [-0.4, -0.2) is 40.0 Å². The van der Waals surface area contributed by atoms with Crippen molar-refractivity contribution in [3.63, 3.8) is 0 Å². The van der Waals surface area contributed by atoms with Crippen molar-refractivity contribution in [3.05, 3.63) is 18.0 Å². The zero-order valence-corrected chi connectivity index (χ0v) is 12.6. The lowest BCUT2D eigenvalue weighted by Gasteiger charge is -2.32. The summed E-state index contributed by atoms with van der Waals surface area (Å²) in [6, 6.07) is 0.425. The van der Waals surface area contributed by atoms with Crippen molar-refractivity contribution < 1.29 is 9.53 Å². The molecule has 0 radical (unpaired) electrons. The molecule has 1 unspecified atom stereocenters. The van der Waals surface area contributed by atoms with Crippen molar-refractivity contribution in [1.82, 2.24) is 14.9 Å². The van der Waals surface area contributed by atoms with Gasteiger partial charge in [-0.25, -0.2) is 9.97 Å². The highest BCUT2D eigenvalue weighted by Crippen LogP contribution is 2.33. The lowest BCUT2D eigenvalue weighted by atomic mass is 10.1. The Kier molecular flexibility index (Phi) is 4.36. The molecule has 1 saturated carbocycles. The van der Waals surface area contributed by atoms with Crippen molar-refractivity contribution in [3.8, 4) is 6.01 Å². The Morgan fingerprint density at radius 2 is 2.10 bits per heavy atom. The predicted molar refractivity (Wildman–Crippen MR) is 79.0 cm³/mol. The number of piperidine rings is 1. The van der Waals surface area contributed by atoms with Crippen LogP contribution in [0.2, 0.25) is 0 Å². The van der Waals surface area contributed by atoms with E-state index in [0.717, 1.165) is 31.4 Å². The molecule has 0 aromatic carbocycles. The van der Waals surface area contributed by atoms with E-state index in [1.54, 1.807) is 12.4 Å². The van der Waals surface area contributed by atoms with Gasteiger partial charge in [-0.2, -0.15) is 0 Å². The Labute approximate surface area is 125 Å². The average Bonchev–Trinajstić information content (AvgIpc) is 3.32. The number of aromatic nitrogens is 2. The number of rotatable bonds is 5. The van der Waals surface area contributed by atoms with E-state index in [1.807, 2.05) is 4.90 Å². The van der Waals surface area contributed by atoms with Gasteiger partial charge in [0, 0.05) is 25.4 Å². The molecular formula is C16H23N3O2. The van der Waals surface area contributed by atoms with Gasteiger partial charge in [-0.3, -0.25) is 4.79 Å².